The van der Waals surface area contributed by atoms with Crippen LogP contribution >= 0.6 is 0 Å². The number of nitrogens with zero attached hydrogens (tertiary/aromatic N) is 2. The number of fused-ring (bicyclic) bond motifs is 1. The van der Waals surface area contributed by atoms with Gasteiger partial charge in [-0.05, 0) is 56.0 Å². The van der Waals surface area contributed by atoms with E-state index in [4.69, 9.17) is 5.73 Å². The van der Waals surface area contributed by atoms with E-state index in [9.17, 15) is 0 Å². The van der Waals surface area contributed by atoms with E-state index in [1.165, 1.54) is 16.7 Å². The summed E-state index contributed by atoms with van der Waals surface area (Å²) in [6.45, 7) is 8.35. The van der Waals surface area contributed by atoms with Crippen molar-refractivity contribution in [2.75, 3.05) is 0 Å². The predicted molar refractivity (Wildman–Crippen MR) is 86.6 cm³/mol. The summed E-state index contributed by atoms with van der Waals surface area (Å²) in [6, 6.07) is 10.4. The van der Waals surface area contributed by atoms with Gasteiger partial charge in [-0.3, -0.25) is 0 Å². The maximum absolute atomic E-state index is 6.54. The van der Waals surface area contributed by atoms with Gasteiger partial charge in [-0.2, -0.15) is 0 Å². The van der Waals surface area contributed by atoms with Crippen LogP contribution < -0.4 is 5.73 Å². The molecule has 0 aliphatic heterocycles. The molecule has 0 amide bonds. The molecule has 0 bridgehead atoms. The third-order valence-corrected chi connectivity index (χ3v) is 4.25. The van der Waals surface area contributed by atoms with Gasteiger partial charge < -0.3 is 10.1 Å². The lowest BCUT2D eigenvalue weighted by Crippen LogP contribution is -2.15. The number of nitrogens with two attached hydrogens (primary N) is 1. The number of aryl methyl sites for hydroxylation is 4. The van der Waals surface area contributed by atoms with Crippen molar-refractivity contribution < 1.29 is 0 Å². The number of benzene rings is 1. The fourth-order valence-electron chi connectivity index (χ4n) is 2.83. The van der Waals surface area contributed by atoms with Crippen molar-refractivity contribution in [3.8, 4) is 0 Å². The van der Waals surface area contributed by atoms with Gasteiger partial charge in [0, 0.05) is 6.20 Å². The molecule has 0 saturated heterocycles. The van der Waals surface area contributed by atoms with Gasteiger partial charge in [0.25, 0.3) is 0 Å². The van der Waals surface area contributed by atoms with Gasteiger partial charge >= 0.3 is 0 Å². The molecule has 1 atom stereocenters. The van der Waals surface area contributed by atoms with Gasteiger partial charge in [0.05, 0.1) is 17.4 Å². The van der Waals surface area contributed by atoms with Crippen molar-refractivity contribution in [3.63, 3.8) is 0 Å². The van der Waals surface area contributed by atoms with Gasteiger partial charge in [0.2, 0.25) is 0 Å². The maximum atomic E-state index is 6.54. The molecule has 1 unspecified atom stereocenters. The minimum atomic E-state index is -0.166. The van der Waals surface area contributed by atoms with Crippen molar-refractivity contribution >= 4 is 5.65 Å². The summed E-state index contributed by atoms with van der Waals surface area (Å²) in [7, 11) is 0. The summed E-state index contributed by atoms with van der Waals surface area (Å²) in [4.78, 5) is 4.68. The van der Waals surface area contributed by atoms with E-state index in [0.717, 1.165) is 22.6 Å². The third kappa shape index (κ3) is 2.24. The molecule has 2 aromatic heterocycles. The molecular weight excluding hydrogens is 258 g/mol. The summed E-state index contributed by atoms with van der Waals surface area (Å²) in [5, 5.41) is 0. The Hall–Kier alpha value is -2.13. The van der Waals surface area contributed by atoms with Crippen LogP contribution in [0, 0.1) is 27.7 Å². The van der Waals surface area contributed by atoms with E-state index in [2.05, 4.69) is 54.4 Å². The summed E-state index contributed by atoms with van der Waals surface area (Å²) in [5.41, 5.74) is 14.4. The second kappa shape index (κ2) is 5.01. The second-order valence-corrected chi connectivity index (χ2v) is 5.79. The number of pyridine rings is 1. The van der Waals surface area contributed by atoms with Crippen LogP contribution in [0.1, 0.15) is 39.7 Å². The molecule has 3 rings (SSSR count). The maximum Gasteiger partial charge on any atom is 0.140 e. The van der Waals surface area contributed by atoms with E-state index in [1.54, 1.807) is 0 Å². The van der Waals surface area contributed by atoms with Gasteiger partial charge in [0.15, 0.2) is 0 Å². The molecule has 3 heteroatoms. The Morgan fingerprint density at radius 3 is 2.48 bits per heavy atom. The van der Waals surface area contributed by atoms with E-state index in [1.807, 2.05) is 19.2 Å². The monoisotopic (exact) mass is 279 g/mol. The fourth-order valence-corrected chi connectivity index (χ4v) is 2.83. The van der Waals surface area contributed by atoms with E-state index < -0.39 is 0 Å². The van der Waals surface area contributed by atoms with Crippen LogP contribution in [0.4, 0.5) is 0 Å². The minimum Gasteiger partial charge on any atom is -0.319 e. The van der Waals surface area contributed by atoms with Gasteiger partial charge in [-0.1, -0.05) is 24.3 Å². The molecule has 21 heavy (non-hydrogen) atoms. The highest BCUT2D eigenvalue weighted by atomic mass is 15.0. The van der Waals surface area contributed by atoms with Crippen LogP contribution in [-0.4, -0.2) is 9.38 Å². The Morgan fingerprint density at radius 1 is 1.00 bits per heavy atom. The Morgan fingerprint density at radius 2 is 1.76 bits per heavy atom. The molecule has 108 valence electrons. The standard InChI is InChI=1S/C18H21N3/c1-11-7-8-15(10-13(11)3)16(19)17-14(4)20-18-12(2)6-5-9-21(17)18/h5-10,16H,19H2,1-4H3. The number of hydrogen-bond donors (Lipinski definition) is 1. The lowest BCUT2D eigenvalue weighted by atomic mass is 9.99. The van der Waals surface area contributed by atoms with E-state index >= 15 is 0 Å². The third-order valence-electron chi connectivity index (χ3n) is 4.25. The van der Waals surface area contributed by atoms with Crippen LogP contribution in [0.5, 0.6) is 0 Å². The average Bonchev–Trinajstić information content (AvgIpc) is 2.79. The van der Waals surface area contributed by atoms with Gasteiger partial charge in [0.1, 0.15) is 5.65 Å². The van der Waals surface area contributed by atoms with E-state index in [0.29, 0.717) is 0 Å². The fraction of sp³-hybridized carbons (Fsp3) is 0.278. The Balaban J connectivity index is 2.17. The molecule has 1 aromatic carbocycles. The van der Waals surface area contributed by atoms with Crippen molar-refractivity contribution in [3.05, 3.63) is 70.2 Å². The Kier molecular flexibility index (Phi) is 3.30. The molecule has 3 nitrogen and oxygen atoms in total. The lowest BCUT2D eigenvalue weighted by Gasteiger charge is -2.15. The molecule has 0 aliphatic carbocycles. The highest BCUT2D eigenvalue weighted by Gasteiger charge is 2.18. The highest BCUT2D eigenvalue weighted by molar-refractivity contribution is 5.52. The molecule has 2 N–H and O–H groups in total. The van der Waals surface area contributed by atoms with Crippen molar-refractivity contribution in [2.24, 2.45) is 5.73 Å². The molecule has 0 saturated carbocycles. The highest BCUT2D eigenvalue weighted by Crippen LogP contribution is 2.26. The molecule has 2 heterocycles. The molecule has 0 radical (unpaired) electrons. The quantitative estimate of drug-likeness (QED) is 0.778. The molecule has 0 spiro atoms. The van der Waals surface area contributed by atoms with Crippen LogP contribution in [0.15, 0.2) is 36.5 Å². The zero-order valence-corrected chi connectivity index (χ0v) is 13.0. The SMILES string of the molecule is Cc1ccc(C(N)c2c(C)nc3c(C)cccn23)cc1C. The Labute approximate surface area is 125 Å². The van der Waals surface area contributed by atoms with Gasteiger partial charge in [-0.25, -0.2) is 4.98 Å². The number of imidazole rings is 1. The summed E-state index contributed by atoms with van der Waals surface area (Å²) in [5.74, 6) is 0. The average molecular weight is 279 g/mol. The molecule has 0 fully saturated rings. The lowest BCUT2D eigenvalue weighted by molar-refractivity contribution is 0.803. The van der Waals surface area contributed by atoms with Crippen LogP contribution in [0.2, 0.25) is 0 Å². The summed E-state index contributed by atoms with van der Waals surface area (Å²) < 4.78 is 2.12. The predicted octanol–water partition coefficient (Wildman–Crippen LogP) is 3.62. The normalized spacial score (nSPS) is 12.8. The van der Waals surface area contributed by atoms with Crippen LogP contribution in [0.25, 0.3) is 5.65 Å². The van der Waals surface area contributed by atoms with Crippen LogP contribution in [-0.2, 0) is 0 Å². The first-order valence-electron chi connectivity index (χ1n) is 7.26. The number of hydrogen-bond acceptors (Lipinski definition) is 2. The first-order valence-corrected chi connectivity index (χ1v) is 7.26. The zero-order chi connectivity index (χ0) is 15.1. The Bertz CT molecular complexity index is 815. The van der Waals surface area contributed by atoms with Crippen LogP contribution in [0.3, 0.4) is 0 Å². The van der Waals surface area contributed by atoms with E-state index in [-0.39, 0.29) is 6.04 Å². The molecule has 3 aromatic rings. The second-order valence-electron chi connectivity index (χ2n) is 5.79. The molecular formula is C18H21N3. The summed E-state index contributed by atoms with van der Waals surface area (Å²) in [6.07, 6.45) is 2.04. The van der Waals surface area contributed by atoms with Gasteiger partial charge in [-0.15, -0.1) is 0 Å². The topological polar surface area (TPSA) is 43.3 Å². The molecule has 0 aliphatic rings. The number of aromatic nitrogens is 2. The first kappa shape index (κ1) is 13.8. The minimum absolute atomic E-state index is 0.166. The van der Waals surface area contributed by atoms with Crippen molar-refractivity contribution in [1.29, 1.82) is 0 Å². The smallest absolute Gasteiger partial charge is 0.140 e. The van der Waals surface area contributed by atoms with Crippen molar-refractivity contribution in [2.45, 2.75) is 33.7 Å². The summed E-state index contributed by atoms with van der Waals surface area (Å²) >= 11 is 0. The first-order chi connectivity index (χ1) is 9.99. The van der Waals surface area contributed by atoms with Crippen molar-refractivity contribution in [1.82, 2.24) is 9.38 Å². The number of rotatable bonds is 2. The zero-order valence-electron chi connectivity index (χ0n) is 13.0. The largest absolute Gasteiger partial charge is 0.319 e.